The van der Waals surface area contributed by atoms with Gasteiger partial charge in [-0.3, -0.25) is 19.4 Å². The van der Waals surface area contributed by atoms with Crippen molar-refractivity contribution in [3.63, 3.8) is 0 Å². The van der Waals surface area contributed by atoms with E-state index >= 15 is 0 Å². The SMILES string of the molecule is O=C(O)CC(COO)(CC(=O)O)P(=O)(O)O. The van der Waals surface area contributed by atoms with Crippen molar-refractivity contribution in [3.8, 4) is 0 Å². The molecule has 0 rings (SSSR count). The zero-order chi connectivity index (χ0) is 13.0. The molecular formula is C6H11O9P. The van der Waals surface area contributed by atoms with Gasteiger partial charge in [0.15, 0.2) is 0 Å². The molecule has 0 saturated heterocycles. The van der Waals surface area contributed by atoms with Crippen LogP contribution < -0.4 is 0 Å². The molecule has 0 bridgehead atoms. The van der Waals surface area contributed by atoms with E-state index in [0.717, 1.165) is 0 Å². The molecule has 0 aliphatic carbocycles. The topological polar surface area (TPSA) is 162 Å². The molecule has 94 valence electrons. The fourth-order valence-corrected chi connectivity index (χ4v) is 2.05. The van der Waals surface area contributed by atoms with Crippen molar-refractivity contribution in [3.05, 3.63) is 0 Å². The van der Waals surface area contributed by atoms with Crippen molar-refractivity contribution in [1.82, 2.24) is 0 Å². The Hall–Kier alpha value is -0.990. The Morgan fingerprint density at radius 2 is 1.50 bits per heavy atom. The van der Waals surface area contributed by atoms with Crippen LogP contribution in [0.2, 0.25) is 0 Å². The van der Waals surface area contributed by atoms with Gasteiger partial charge in [0.25, 0.3) is 0 Å². The second-order valence-corrected chi connectivity index (χ2v) is 5.22. The lowest BCUT2D eigenvalue weighted by Gasteiger charge is -2.29. The molecule has 0 fully saturated rings. The third-order valence-corrected chi connectivity index (χ3v) is 3.59. The first kappa shape index (κ1) is 15.0. The average molecular weight is 258 g/mol. The maximum Gasteiger partial charge on any atom is 0.335 e. The van der Waals surface area contributed by atoms with Gasteiger partial charge in [-0.2, -0.15) is 0 Å². The Balaban J connectivity index is 5.29. The minimum atomic E-state index is -5.08. The van der Waals surface area contributed by atoms with Crippen molar-refractivity contribution in [1.29, 1.82) is 0 Å². The van der Waals surface area contributed by atoms with Crippen LogP contribution in [-0.4, -0.2) is 49.0 Å². The molecular weight excluding hydrogens is 247 g/mol. The predicted octanol–water partition coefficient (Wildman–Crippen LogP) is -0.658. The Morgan fingerprint density at radius 1 is 1.12 bits per heavy atom. The van der Waals surface area contributed by atoms with E-state index in [1.54, 1.807) is 0 Å². The van der Waals surface area contributed by atoms with Crippen molar-refractivity contribution in [2.75, 3.05) is 6.61 Å². The molecule has 0 unspecified atom stereocenters. The summed E-state index contributed by atoms with van der Waals surface area (Å²) in [5, 5.41) is 22.6. The number of carboxylic acids is 2. The Labute approximate surface area is 89.4 Å². The first-order valence-corrected chi connectivity index (χ1v) is 5.51. The number of carboxylic acid groups (broad SMARTS) is 2. The van der Waals surface area contributed by atoms with Gasteiger partial charge in [0.1, 0.15) is 11.8 Å². The number of hydrogen-bond acceptors (Lipinski definition) is 5. The molecule has 0 aromatic rings. The van der Waals surface area contributed by atoms with E-state index < -0.39 is 44.1 Å². The fourth-order valence-electron chi connectivity index (χ4n) is 1.14. The quantitative estimate of drug-likeness (QED) is 0.226. The fraction of sp³-hybridized carbons (Fsp3) is 0.667. The third kappa shape index (κ3) is 3.87. The minimum Gasteiger partial charge on any atom is -0.481 e. The zero-order valence-electron chi connectivity index (χ0n) is 7.94. The Morgan fingerprint density at radius 3 is 1.69 bits per heavy atom. The first-order chi connectivity index (χ1) is 7.14. The lowest BCUT2D eigenvalue weighted by atomic mass is 10.0. The van der Waals surface area contributed by atoms with Gasteiger partial charge in [-0.05, 0) is 0 Å². The second kappa shape index (κ2) is 5.37. The maximum absolute atomic E-state index is 11.1. The van der Waals surface area contributed by atoms with Crippen molar-refractivity contribution >= 4 is 19.5 Å². The first-order valence-electron chi connectivity index (χ1n) is 3.90. The van der Waals surface area contributed by atoms with Crippen LogP contribution in [0.15, 0.2) is 0 Å². The van der Waals surface area contributed by atoms with Crippen LogP contribution in [-0.2, 0) is 19.0 Å². The molecule has 0 aromatic carbocycles. The Kier molecular flexibility index (Phi) is 5.04. The van der Waals surface area contributed by atoms with Gasteiger partial charge in [-0.1, -0.05) is 0 Å². The average Bonchev–Trinajstić information content (AvgIpc) is 1.99. The van der Waals surface area contributed by atoms with E-state index in [1.165, 1.54) is 0 Å². The van der Waals surface area contributed by atoms with Crippen LogP contribution in [0.5, 0.6) is 0 Å². The monoisotopic (exact) mass is 258 g/mol. The highest BCUT2D eigenvalue weighted by atomic mass is 31.2. The van der Waals surface area contributed by atoms with E-state index in [1.807, 2.05) is 0 Å². The summed E-state index contributed by atoms with van der Waals surface area (Å²) in [6, 6.07) is 0. The van der Waals surface area contributed by atoms with Gasteiger partial charge in [-0.15, -0.1) is 0 Å². The van der Waals surface area contributed by atoms with E-state index in [-0.39, 0.29) is 0 Å². The van der Waals surface area contributed by atoms with Crippen LogP contribution in [0.3, 0.4) is 0 Å². The van der Waals surface area contributed by atoms with Gasteiger partial charge in [0, 0.05) is 0 Å². The number of hydrogen-bond donors (Lipinski definition) is 5. The minimum absolute atomic E-state index is 1.09. The van der Waals surface area contributed by atoms with Crippen LogP contribution in [0, 0.1) is 0 Å². The smallest absolute Gasteiger partial charge is 0.335 e. The van der Waals surface area contributed by atoms with Crippen LogP contribution >= 0.6 is 7.60 Å². The molecule has 5 N–H and O–H groups in total. The molecule has 0 heterocycles. The number of rotatable bonds is 7. The lowest BCUT2D eigenvalue weighted by Crippen LogP contribution is -2.39. The van der Waals surface area contributed by atoms with Gasteiger partial charge >= 0.3 is 19.5 Å². The summed E-state index contributed by atoms with van der Waals surface area (Å²) in [6.07, 6.45) is -2.27. The molecule has 16 heavy (non-hydrogen) atoms. The highest BCUT2D eigenvalue weighted by Gasteiger charge is 2.51. The van der Waals surface area contributed by atoms with Gasteiger partial charge < -0.3 is 20.0 Å². The molecule has 0 aromatic heterocycles. The second-order valence-electron chi connectivity index (χ2n) is 3.18. The predicted molar refractivity (Wildman–Crippen MR) is 47.9 cm³/mol. The molecule has 0 aliphatic rings. The third-order valence-electron chi connectivity index (χ3n) is 1.91. The largest absolute Gasteiger partial charge is 0.481 e. The molecule has 0 aliphatic heterocycles. The maximum atomic E-state index is 11.1. The summed E-state index contributed by atoms with van der Waals surface area (Å²) in [4.78, 5) is 42.3. The van der Waals surface area contributed by atoms with Crippen LogP contribution in [0.25, 0.3) is 0 Å². The number of carbonyl (C=O) groups is 2. The summed E-state index contributed by atoms with van der Waals surface area (Å²) < 4.78 is 11.1. The van der Waals surface area contributed by atoms with Crippen molar-refractivity contribution in [2.45, 2.75) is 18.0 Å². The normalized spacial score (nSPS) is 12.4. The van der Waals surface area contributed by atoms with Gasteiger partial charge in [-0.25, -0.2) is 4.89 Å². The summed E-state index contributed by atoms with van der Waals surface area (Å²) in [5.74, 6) is -3.22. The van der Waals surface area contributed by atoms with Crippen LogP contribution in [0.1, 0.15) is 12.8 Å². The summed E-state index contributed by atoms with van der Waals surface area (Å²) in [6.45, 7) is -1.09. The summed E-state index contributed by atoms with van der Waals surface area (Å²) >= 11 is 0. The Bertz CT molecular complexity index is 302. The van der Waals surface area contributed by atoms with Gasteiger partial charge in [0.2, 0.25) is 0 Å². The molecule has 0 saturated carbocycles. The van der Waals surface area contributed by atoms with E-state index in [2.05, 4.69) is 4.89 Å². The molecule has 0 spiro atoms. The standard InChI is InChI=1S/C6H11O9P/c7-4(8)1-6(3-15-11,2-5(9)10)16(12,13)14/h11H,1-3H2,(H,7,8)(H,9,10)(H2,12,13,14). The highest BCUT2D eigenvalue weighted by Crippen LogP contribution is 2.54. The lowest BCUT2D eigenvalue weighted by molar-refractivity contribution is -0.249. The summed E-state index contributed by atoms with van der Waals surface area (Å²) in [5.41, 5.74) is 0. The van der Waals surface area contributed by atoms with E-state index in [0.29, 0.717) is 0 Å². The van der Waals surface area contributed by atoms with Crippen molar-refractivity contribution in [2.24, 2.45) is 0 Å². The number of aliphatic carboxylic acids is 2. The highest BCUT2D eigenvalue weighted by molar-refractivity contribution is 7.53. The molecule has 10 heteroatoms. The van der Waals surface area contributed by atoms with E-state index in [9.17, 15) is 14.2 Å². The molecule has 9 nitrogen and oxygen atoms in total. The van der Waals surface area contributed by atoms with Crippen LogP contribution in [0.4, 0.5) is 0 Å². The molecule has 0 amide bonds. The van der Waals surface area contributed by atoms with Crippen molar-refractivity contribution < 1.29 is 44.3 Å². The zero-order valence-corrected chi connectivity index (χ0v) is 8.83. The van der Waals surface area contributed by atoms with E-state index in [4.69, 9.17) is 25.3 Å². The molecule has 0 radical (unpaired) electrons. The molecule has 0 atom stereocenters. The summed E-state index contributed by atoms with van der Waals surface area (Å²) in [7, 11) is -5.08. The van der Waals surface area contributed by atoms with Gasteiger partial charge in [0.05, 0.1) is 12.8 Å².